The minimum Gasteiger partial charge on any atom is -0.465 e. The third kappa shape index (κ3) is 9.43. The number of esters is 2. The van der Waals surface area contributed by atoms with E-state index in [9.17, 15) is 14.9 Å². The molecule has 1 spiro atoms. The van der Waals surface area contributed by atoms with Gasteiger partial charge in [-0.2, -0.15) is 5.26 Å². The molecule has 10 nitrogen and oxygen atoms in total. The molecule has 2 saturated heterocycles. The number of nitriles is 1. The number of hydrogen-bond acceptors (Lipinski definition) is 10. The Balaban J connectivity index is 0.00000276. The summed E-state index contributed by atoms with van der Waals surface area (Å²) in [6.07, 6.45) is 6.69. The quantitative estimate of drug-likeness (QED) is 0.182. The lowest BCUT2D eigenvalue weighted by Crippen LogP contribution is -2.41. The van der Waals surface area contributed by atoms with E-state index in [2.05, 4.69) is 57.3 Å². The maximum absolute atomic E-state index is 12.7. The van der Waals surface area contributed by atoms with Crippen LogP contribution in [0.25, 0.3) is 0 Å². The standard InChI is InChI=1S/C42H52ClN5O4.CH2O/c1-5-52-41(50)38-21-34-27-46(26-33(34)20-37(38)40(49)51-4)25-31(14-17-45-3)7-6-30-8-11-35(12-9-30)47-18-15-42(16-19-47)23-29(2)48(28-42)36-13-10-32(24-44)39(43)22-36;1-2/h8-13,20-22,29,31,45H,5-7,14-19,23,25-28H2,1-4H3;1H2/t29-,31?;/m0./s1. The smallest absolute Gasteiger partial charge is 0.339 e. The summed E-state index contributed by atoms with van der Waals surface area (Å²) in [6, 6.07) is 21.3. The van der Waals surface area contributed by atoms with E-state index in [0.29, 0.717) is 28.0 Å². The van der Waals surface area contributed by atoms with E-state index in [1.165, 1.54) is 37.6 Å². The molecule has 6 rings (SSSR count). The summed E-state index contributed by atoms with van der Waals surface area (Å²) in [7, 11) is 3.34. The lowest BCUT2D eigenvalue weighted by molar-refractivity contribution is -0.0980. The molecule has 1 N–H and O–H groups in total. The van der Waals surface area contributed by atoms with Gasteiger partial charge in [0.25, 0.3) is 0 Å². The summed E-state index contributed by atoms with van der Waals surface area (Å²) in [5, 5.41) is 13.1. The van der Waals surface area contributed by atoms with Crippen molar-refractivity contribution in [2.24, 2.45) is 11.3 Å². The van der Waals surface area contributed by atoms with Crippen molar-refractivity contribution >= 4 is 41.7 Å². The van der Waals surface area contributed by atoms with Crippen molar-refractivity contribution in [1.82, 2.24) is 10.2 Å². The Hall–Kier alpha value is -4.43. The number of fused-ring (bicyclic) bond motifs is 1. The van der Waals surface area contributed by atoms with Crippen molar-refractivity contribution in [3.63, 3.8) is 0 Å². The number of aryl methyl sites for hydroxylation is 1. The zero-order valence-corrected chi connectivity index (χ0v) is 32.9. The SMILES string of the molecule is C=O.CCOC(=O)c1cc2c(cc1C(=O)OC)CN(CC(CCNC)CCc1ccc(N3CCC4(CC3)C[C@H](C)N(c3ccc(C#N)c(Cl)c3)C4)cc1)C2. The molecule has 0 aliphatic carbocycles. The summed E-state index contributed by atoms with van der Waals surface area (Å²) in [5.74, 6) is -0.514. The van der Waals surface area contributed by atoms with Gasteiger partial charge in [-0.25, -0.2) is 9.59 Å². The first-order valence-electron chi connectivity index (χ1n) is 19.0. The van der Waals surface area contributed by atoms with E-state index in [1.807, 2.05) is 44.2 Å². The molecule has 0 saturated carbocycles. The summed E-state index contributed by atoms with van der Waals surface area (Å²) in [4.78, 5) is 40.7. The zero-order chi connectivity index (χ0) is 38.8. The van der Waals surface area contributed by atoms with Crippen LogP contribution in [0.4, 0.5) is 11.4 Å². The van der Waals surface area contributed by atoms with Gasteiger partial charge >= 0.3 is 11.9 Å². The second-order valence-corrected chi connectivity index (χ2v) is 15.4. The van der Waals surface area contributed by atoms with Gasteiger partial charge in [0.15, 0.2) is 0 Å². The number of anilines is 2. The average molecular weight is 756 g/mol. The van der Waals surface area contributed by atoms with Gasteiger partial charge in [-0.15, -0.1) is 0 Å². The van der Waals surface area contributed by atoms with E-state index in [0.717, 1.165) is 81.9 Å². The van der Waals surface area contributed by atoms with Crippen LogP contribution in [0.1, 0.15) is 88.9 Å². The number of hydrogen-bond donors (Lipinski definition) is 1. The first-order valence-corrected chi connectivity index (χ1v) is 19.4. The van der Waals surface area contributed by atoms with Crippen LogP contribution in [0.2, 0.25) is 5.02 Å². The number of nitrogens with one attached hydrogen (secondary N) is 1. The number of halogens is 1. The predicted molar refractivity (Wildman–Crippen MR) is 213 cm³/mol. The fourth-order valence-corrected chi connectivity index (χ4v) is 8.85. The van der Waals surface area contributed by atoms with Crippen LogP contribution >= 0.6 is 11.6 Å². The normalized spacial score (nSPS) is 18.0. The molecule has 0 bridgehead atoms. The number of piperidine rings is 1. The van der Waals surface area contributed by atoms with Gasteiger partial charge in [0.05, 0.1) is 35.4 Å². The van der Waals surface area contributed by atoms with Crippen LogP contribution in [0.3, 0.4) is 0 Å². The Labute approximate surface area is 325 Å². The Morgan fingerprint density at radius 1 is 1.00 bits per heavy atom. The second kappa shape index (κ2) is 18.7. The number of rotatable bonds is 13. The van der Waals surface area contributed by atoms with Crippen molar-refractivity contribution in [2.75, 3.05) is 63.3 Å². The molecule has 3 heterocycles. The molecule has 0 amide bonds. The van der Waals surface area contributed by atoms with Gasteiger partial charge in [0.2, 0.25) is 0 Å². The van der Waals surface area contributed by atoms with Crippen molar-refractivity contribution in [3.8, 4) is 6.07 Å². The van der Waals surface area contributed by atoms with E-state index < -0.39 is 11.9 Å². The molecule has 11 heteroatoms. The molecular formula is C43H54ClN5O5. The van der Waals surface area contributed by atoms with Crippen LogP contribution in [0, 0.1) is 22.7 Å². The maximum Gasteiger partial charge on any atom is 0.339 e. The highest BCUT2D eigenvalue weighted by Crippen LogP contribution is 2.46. The highest BCUT2D eigenvalue weighted by Gasteiger charge is 2.44. The first-order chi connectivity index (χ1) is 26.1. The Bertz CT molecular complexity index is 1800. The van der Waals surface area contributed by atoms with Gasteiger partial charge in [0.1, 0.15) is 12.9 Å². The molecular weight excluding hydrogens is 702 g/mol. The fourth-order valence-electron chi connectivity index (χ4n) is 8.63. The molecule has 0 aromatic heterocycles. The summed E-state index contributed by atoms with van der Waals surface area (Å²) in [5.41, 5.74) is 7.29. The first kappa shape index (κ1) is 40.7. The van der Waals surface area contributed by atoms with Gasteiger partial charge in [-0.05, 0) is 136 Å². The molecule has 1 unspecified atom stereocenters. The Morgan fingerprint density at radius 3 is 2.24 bits per heavy atom. The van der Waals surface area contributed by atoms with Gasteiger partial charge in [-0.3, -0.25) is 4.90 Å². The van der Waals surface area contributed by atoms with Crippen LogP contribution < -0.4 is 15.1 Å². The van der Waals surface area contributed by atoms with Gasteiger partial charge < -0.3 is 29.4 Å². The summed E-state index contributed by atoms with van der Waals surface area (Å²) in [6.45, 7) is 12.8. The van der Waals surface area contributed by atoms with Crippen LogP contribution in [0.15, 0.2) is 54.6 Å². The number of carbonyl (C=O) groups excluding carboxylic acids is 3. The highest BCUT2D eigenvalue weighted by molar-refractivity contribution is 6.32. The third-order valence-corrected chi connectivity index (χ3v) is 11.8. The zero-order valence-electron chi connectivity index (χ0n) is 32.2. The molecule has 3 aliphatic heterocycles. The average Bonchev–Trinajstić information content (AvgIpc) is 3.74. The maximum atomic E-state index is 12.7. The van der Waals surface area contributed by atoms with Gasteiger partial charge in [-0.1, -0.05) is 23.7 Å². The molecule has 2 atom stereocenters. The van der Waals surface area contributed by atoms with Crippen LogP contribution in [-0.2, 0) is 33.8 Å². The largest absolute Gasteiger partial charge is 0.465 e. The summed E-state index contributed by atoms with van der Waals surface area (Å²) >= 11 is 6.39. The minimum absolute atomic E-state index is 0.245. The van der Waals surface area contributed by atoms with E-state index in [4.69, 9.17) is 25.9 Å². The lowest BCUT2D eigenvalue weighted by Gasteiger charge is -2.40. The minimum atomic E-state index is -0.520. The number of benzene rings is 3. The highest BCUT2D eigenvalue weighted by atomic mass is 35.5. The molecule has 0 radical (unpaired) electrons. The van der Waals surface area contributed by atoms with Crippen molar-refractivity contribution in [3.05, 3.63) is 93.0 Å². The Kier molecular flexibility index (Phi) is 14.1. The van der Waals surface area contributed by atoms with E-state index in [1.54, 1.807) is 6.92 Å². The summed E-state index contributed by atoms with van der Waals surface area (Å²) < 4.78 is 10.2. The number of methoxy groups -OCH3 is 1. The second-order valence-electron chi connectivity index (χ2n) is 15.0. The van der Waals surface area contributed by atoms with Crippen molar-refractivity contribution < 1.29 is 23.9 Å². The number of nitrogens with zero attached hydrogens (tertiary/aromatic N) is 4. The van der Waals surface area contributed by atoms with E-state index >= 15 is 0 Å². The molecule has 288 valence electrons. The molecule has 3 aliphatic rings. The molecule has 3 aromatic carbocycles. The molecule has 3 aromatic rings. The van der Waals surface area contributed by atoms with Crippen LogP contribution in [-0.4, -0.2) is 83.2 Å². The third-order valence-electron chi connectivity index (χ3n) is 11.5. The van der Waals surface area contributed by atoms with Crippen molar-refractivity contribution in [1.29, 1.82) is 5.26 Å². The number of carbonyl (C=O) groups is 3. The Morgan fingerprint density at radius 2 is 1.65 bits per heavy atom. The lowest BCUT2D eigenvalue weighted by atomic mass is 9.76. The molecule has 2 fully saturated rings. The van der Waals surface area contributed by atoms with Crippen LogP contribution in [0.5, 0.6) is 0 Å². The molecule has 54 heavy (non-hydrogen) atoms. The predicted octanol–water partition coefficient (Wildman–Crippen LogP) is 7.05. The van der Waals surface area contributed by atoms with Gasteiger partial charge in [0, 0.05) is 56.7 Å². The van der Waals surface area contributed by atoms with Crippen molar-refractivity contribution in [2.45, 2.75) is 71.5 Å². The monoisotopic (exact) mass is 755 g/mol. The van der Waals surface area contributed by atoms with E-state index in [-0.39, 0.29) is 17.7 Å². The number of ether oxygens (including phenoxy) is 2. The fraction of sp³-hybridized carbons (Fsp3) is 0.488. The topological polar surface area (TPSA) is 115 Å².